The quantitative estimate of drug-likeness (QED) is 0.715. The Morgan fingerprint density at radius 3 is 2.87 bits per heavy atom. The minimum Gasteiger partial charge on any atom is -0.478 e. The van der Waals surface area contributed by atoms with Crippen molar-refractivity contribution in [3.63, 3.8) is 0 Å². The molecule has 0 radical (unpaired) electrons. The summed E-state index contributed by atoms with van der Waals surface area (Å²) >= 11 is 0. The largest absolute Gasteiger partial charge is 0.478 e. The Morgan fingerprint density at radius 2 is 2.20 bits per heavy atom. The first-order valence-electron chi connectivity index (χ1n) is 5.21. The highest BCUT2D eigenvalue weighted by atomic mass is 16.5. The number of rotatable bonds is 6. The van der Waals surface area contributed by atoms with Crippen molar-refractivity contribution in [2.75, 3.05) is 6.61 Å². The van der Waals surface area contributed by atoms with Crippen LogP contribution < -0.4 is 4.74 Å². The lowest BCUT2D eigenvalue weighted by Crippen LogP contribution is -2.04. The van der Waals surface area contributed by atoms with Gasteiger partial charge in [0.05, 0.1) is 12.3 Å². The van der Waals surface area contributed by atoms with E-state index in [0.717, 1.165) is 12.1 Å². The Bertz CT molecular complexity index is 326. The molecule has 0 aromatic carbocycles. The van der Waals surface area contributed by atoms with Crippen LogP contribution in [0.4, 0.5) is 0 Å². The summed E-state index contributed by atoms with van der Waals surface area (Å²) < 4.78 is 5.35. The van der Waals surface area contributed by atoms with Gasteiger partial charge in [-0.05, 0) is 6.42 Å². The molecular formula is C11H16N2O2. The van der Waals surface area contributed by atoms with Crippen LogP contribution in [0.15, 0.2) is 12.4 Å². The zero-order chi connectivity index (χ0) is 11.1. The van der Waals surface area contributed by atoms with Gasteiger partial charge < -0.3 is 4.74 Å². The number of hydrogen-bond acceptors (Lipinski definition) is 4. The highest BCUT2D eigenvalue weighted by Gasteiger charge is 2.04. The molecule has 0 unspecified atom stereocenters. The predicted octanol–water partition coefficient (Wildman–Crippen LogP) is 1.79. The smallest absolute Gasteiger partial charge is 0.216 e. The van der Waals surface area contributed by atoms with Gasteiger partial charge in [0.2, 0.25) is 5.88 Å². The number of ketones is 1. The third-order valence-electron chi connectivity index (χ3n) is 1.93. The molecule has 4 heteroatoms. The molecule has 0 aliphatic rings. The molecule has 0 amide bonds. The summed E-state index contributed by atoms with van der Waals surface area (Å²) in [6.07, 6.45) is 3.27. The van der Waals surface area contributed by atoms with Gasteiger partial charge in [-0.2, -0.15) is 0 Å². The normalized spacial score (nSPS) is 10.0. The molecule has 0 aliphatic carbocycles. The first-order valence-corrected chi connectivity index (χ1v) is 5.21. The molecule has 0 spiro atoms. The van der Waals surface area contributed by atoms with Crippen molar-refractivity contribution >= 4 is 5.78 Å². The molecule has 0 fully saturated rings. The van der Waals surface area contributed by atoms with Gasteiger partial charge >= 0.3 is 0 Å². The number of hydrogen-bond donors (Lipinski definition) is 0. The first-order chi connectivity index (χ1) is 7.26. The molecule has 1 heterocycles. The second-order valence-corrected chi connectivity index (χ2v) is 3.27. The molecule has 82 valence electrons. The first kappa shape index (κ1) is 11.6. The number of carbonyl (C=O) groups excluding carboxylic acids is 1. The van der Waals surface area contributed by atoms with Gasteiger partial charge in [-0.15, -0.1) is 0 Å². The highest BCUT2D eigenvalue weighted by Crippen LogP contribution is 2.08. The Hall–Kier alpha value is -1.45. The summed E-state index contributed by atoms with van der Waals surface area (Å²) in [4.78, 5) is 19.2. The van der Waals surface area contributed by atoms with Gasteiger partial charge in [0, 0.05) is 18.9 Å². The highest BCUT2D eigenvalue weighted by molar-refractivity contribution is 5.80. The van der Waals surface area contributed by atoms with E-state index in [1.54, 1.807) is 6.07 Å². The summed E-state index contributed by atoms with van der Waals surface area (Å²) in [5, 5.41) is 0. The fourth-order valence-corrected chi connectivity index (χ4v) is 1.09. The summed E-state index contributed by atoms with van der Waals surface area (Å²) in [5.74, 6) is 0.723. The molecule has 1 rings (SSSR count). The van der Waals surface area contributed by atoms with E-state index in [1.165, 1.54) is 6.33 Å². The van der Waals surface area contributed by atoms with Crippen LogP contribution in [0, 0.1) is 0 Å². The third-order valence-corrected chi connectivity index (χ3v) is 1.93. The van der Waals surface area contributed by atoms with Gasteiger partial charge in [-0.1, -0.05) is 13.8 Å². The van der Waals surface area contributed by atoms with E-state index >= 15 is 0 Å². The van der Waals surface area contributed by atoms with Crippen molar-refractivity contribution in [3.05, 3.63) is 18.1 Å². The zero-order valence-electron chi connectivity index (χ0n) is 9.19. The predicted molar refractivity (Wildman–Crippen MR) is 56.8 cm³/mol. The summed E-state index contributed by atoms with van der Waals surface area (Å²) in [7, 11) is 0. The molecule has 0 aliphatic heterocycles. The Labute approximate surface area is 89.7 Å². The lowest BCUT2D eigenvalue weighted by atomic mass is 10.2. The maximum absolute atomic E-state index is 11.2. The maximum Gasteiger partial charge on any atom is 0.216 e. The molecule has 1 aromatic rings. The molecule has 15 heavy (non-hydrogen) atoms. The number of carbonyl (C=O) groups is 1. The number of aromatic nitrogens is 2. The summed E-state index contributed by atoms with van der Waals surface area (Å²) in [6.45, 7) is 4.51. The zero-order valence-corrected chi connectivity index (χ0v) is 9.19. The van der Waals surface area contributed by atoms with E-state index in [-0.39, 0.29) is 5.78 Å². The SMILES string of the molecule is CCCOc1cc(CC(=O)CC)ncn1. The van der Waals surface area contributed by atoms with Gasteiger partial charge in [-0.25, -0.2) is 9.97 Å². The average Bonchev–Trinajstić information content (AvgIpc) is 2.26. The molecule has 0 atom stereocenters. The molecule has 1 aromatic heterocycles. The Morgan fingerprint density at radius 1 is 1.40 bits per heavy atom. The number of Topliss-reactive ketones (excluding diaryl/α,β-unsaturated/α-hetero) is 1. The molecule has 0 bridgehead atoms. The van der Waals surface area contributed by atoms with E-state index in [4.69, 9.17) is 4.74 Å². The van der Waals surface area contributed by atoms with Crippen LogP contribution in [-0.2, 0) is 11.2 Å². The van der Waals surface area contributed by atoms with Crippen LogP contribution in [-0.4, -0.2) is 22.4 Å². The number of ether oxygens (including phenoxy) is 1. The van der Waals surface area contributed by atoms with Gasteiger partial charge in [0.25, 0.3) is 0 Å². The van der Waals surface area contributed by atoms with Crippen LogP contribution in [0.25, 0.3) is 0 Å². The molecule has 4 nitrogen and oxygen atoms in total. The van der Waals surface area contributed by atoms with Gasteiger partial charge in [-0.3, -0.25) is 4.79 Å². The van der Waals surface area contributed by atoms with Crippen molar-refractivity contribution in [3.8, 4) is 5.88 Å². The van der Waals surface area contributed by atoms with Crippen molar-refractivity contribution in [2.45, 2.75) is 33.1 Å². The van der Waals surface area contributed by atoms with Gasteiger partial charge in [0.1, 0.15) is 12.1 Å². The minimum atomic E-state index is 0.176. The fraction of sp³-hybridized carbons (Fsp3) is 0.545. The minimum absolute atomic E-state index is 0.176. The lowest BCUT2D eigenvalue weighted by Gasteiger charge is -2.04. The molecular weight excluding hydrogens is 192 g/mol. The second-order valence-electron chi connectivity index (χ2n) is 3.27. The van der Waals surface area contributed by atoms with E-state index in [1.807, 2.05) is 13.8 Å². The number of nitrogens with zero attached hydrogens (tertiary/aromatic N) is 2. The third kappa shape index (κ3) is 4.06. The maximum atomic E-state index is 11.2. The van der Waals surface area contributed by atoms with Crippen LogP contribution in [0.3, 0.4) is 0 Å². The Balaban J connectivity index is 2.61. The molecule has 0 saturated heterocycles. The van der Waals surface area contributed by atoms with E-state index < -0.39 is 0 Å². The lowest BCUT2D eigenvalue weighted by molar-refractivity contribution is -0.118. The van der Waals surface area contributed by atoms with Crippen LogP contribution in [0.1, 0.15) is 32.4 Å². The van der Waals surface area contributed by atoms with Crippen molar-refractivity contribution in [2.24, 2.45) is 0 Å². The topological polar surface area (TPSA) is 52.1 Å². The molecule has 0 N–H and O–H groups in total. The van der Waals surface area contributed by atoms with Crippen LogP contribution >= 0.6 is 0 Å². The average molecular weight is 208 g/mol. The van der Waals surface area contributed by atoms with E-state index in [0.29, 0.717) is 25.3 Å². The van der Waals surface area contributed by atoms with Crippen molar-refractivity contribution in [1.29, 1.82) is 0 Å². The van der Waals surface area contributed by atoms with Gasteiger partial charge in [0.15, 0.2) is 0 Å². The standard InChI is InChI=1S/C11H16N2O2/c1-3-5-15-11-7-9(12-8-13-11)6-10(14)4-2/h7-8H,3-6H2,1-2H3. The van der Waals surface area contributed by atoms with Crippen LogP contribution in [0.5, 0.6) is 5.88 Å². The van der Waals surface area contributed by atoms with E-state index in [9.17, 15) is 4.79 Å². The summed E-state index contributed by atoms with van der Waals surface area (Å²) in [6, 6.07) is 1.73. The van der Waals surface area contributed by atoms with E-state index in [2.05, 4.69) is 9.97 Å². The van der Waals surface area contributed by atoms with Crippen LogP contribution in [0.2, 0.25) is 0 Å². The molecule has 0 saturated carbocycles. The second kappa shape index (κ2) is 6.11. The fourth-order valence-electron chi connectivity index (χ4n) is 1.09. The summed E-state index contributed by atoms with van der Waals surface area (Å²) in [5.41, 5.74) is 0.725. The van der Waals surface area contributed by atoms with Crippen molar-refractivity contribution < 1.29 is 9.53 Å². The van der Waals surface area contributed by atoms with Crippen molar-refractivity contribution in [1.82, 2.24) is 9.97 Å². The Kier molecular flexibility index (Phi) is 4.74. The monoisotopic (exact) mass is 208 g/mol.